The monoisotopic (exact) mass is 263 g/mol. The fourth-order valence-corrected chi connectivity index (χ4v) is 1.99. The van der Waals surface area contributed by atoms with Gasteiger partial charge in [-0.15, -0.1) is 0 Å². The lowest BCUT2D eigenvalue weighted by molar-refractivity contribution is -0.146. The number of carboxylic acid groups (broad SMARTS) is 1. The van der Waals surface area contributed by atoms with E-state index in [0.717, 1.165) is 18.5 Å². The van der Waals surface area contributed by atoms with E-state index in [4.69, 9.17) is 5.11 Å². The summed E-state index contributed by atoms with van der Waals surface area (Å²) in [6.45, 7) is 3.82. The number of hydrogen-bond acceptors (Lipinski definition) is 2. The molecule has 0 fully saturated rings. The maximum absolute atomic E-state index is 12.1. The van der Waals surface area contributed by atoms with E-state index >= 15 is 0 Å². The molecule has 1 N–H and O–H groups in total. The number of carbonyl (C=O) groups excluding carboxylic acids is 1. The second-order valence-electron chi connectivity index (χ2n) is 4.61. The number of benzene rings is 1. The summed E-state index contributed by atoms with van der Waals surface area (Å²) in [6, 6.07) is 7.67. The molecule has 104 valence electrons. The second kappa shape index (κ2) is 6.92. The number of rotatable bonds is 6. The molecule has 1 aromatic carbocycles. The van der Waals surface area contributed by atoms with Crippen LogP contribution in [0.25, 0.3) is 0 Å². The first-order valence-electron chi connectivity index (χ1n) is 6.60. The Hall–Kier alpha value is -1.84. The van der Waals surface area contributed by atoms with Crippen molar-refractivity contribution >= 4 is 17.6 Å². The number of hydrogen-bond donors (Lipinski definition) is 1. The van der Waals surface area contributed by atoms with Crippen LogP contribution in [0.2, 0.25) is 0 Å². The van der Waals surface area contributed by atoms with Crippen molar-refractivity contribution in [3.8, 4) is 0 Å². The van der Waals surface area contributed by atoms with Crippen molar-refractivity contribution < 1.29 is 14.7 Å². The van der Waals surface area contributed by atoms with E-state index in [2.05, 4.69) is 6.92 Å². The average molecular weight is 263 g/mol. The fraction of sp³-hybridized carbons (Fsp3) is 0.467. The van der Waals surface area contributed by atoms with Gasteiger partial charge in [0.1, 0.15) is 5.92 Å². The molecule has 0 aliphatic carbocycles. The lowest BCUT2D eigenvalue weighted by Gasteiger charge is -2.21. The molecule has 0 saturated carbocycles. The van der Waals surface area contributed by atoms with Crippen molar-refractivity contribution in [2.45, 2.75) is 33.1 Å². The molecular weight excluding hydrogens is 242 g/mol. The SMILES string of the molecule is CCCc1ccc(N(C)C(=O)C(CC)C(=O)O)cc1. The van der Waals surface area contributed by atoms with Gasteiger partial charge in [-0.05, 0) is 30.5 Å². The van der Waals surface area contributed by atoms with Crippen molar-refractivity contribution in [3.05, 3.63) is 29.8 Å². The van der Waals surface area contributed by atoms with Crippen LogP contribution in [0.3, 0.4) is 0 Å². The van der Waals surface area contributed by atoms with Crippen molar-refractivity contribution in [3.63, 3.8) is 0 Å². The van der Waals surface area contributed by atoms with Crippen LogP contribution >= 0.6 is 0 Å². The third-order valence-electron chi connectivity index (χ3n) is 3.20. The van der Waals surface area contributed by atoms with Gasteiger partial charge in [0, 0.05) is 12.7 Å². The lowest BCUT2D eigenvalue weighted by Crippen LogP contribution is -2.36. The first-order chi connectivity index (χ1) is 9.01. The second-order valence-corrected chi connectivity index (χ2v) is 4.61. The molecule has 1 rings (SSSR count). The predicted molar refractivity (Wildman–Crippen MR) is 75.3 cm³/mol. The van der Waals surface area contributed by atoms with Crippen molar-refractivity contribution in [1.29, 1.82) is 0 Å². The van der Waals surface area contributed by atoms with Gasteiger partial charge in [0.05, 0.1) is 0 Å². The number of nitrogens with zero attached hydrogens (tertiary/aromatic N) is 1. The maximum atomic E-state index is 12.1. The summed E-state index contributed by atoms with van der Waals surface area (Å²) in [7, 11) is 1.61. The van der Waals surface area contributed by atoms with Crippen molar-refractivity contribution in [2.75, 3.05) is 11.9 Å². The summed E-state index contributed by atoms with van der Waals surface area (Å²) >= 11 is 0. The summed E-state index contributed by atoms with van der Waals surface area (Å²) in [6.07, 6.45) is 2.38. The van der Waals surface area contributed by atoms with Crippen LogP contribution in [0.4, 0.5) is 5.69 Å². The third kappa shape index (κ3) is 3.81. The van der Waals surface area contributed by atoms with Crippen LogP contribution in [0.15, 0.2) is 24.3 Å². The zero-order chi connectivity index (χ0) is 14.4. The van der Waals surface area contributed by atoms with E-state index in [1.807, 2.05) is 24.3 Å². The number of amides is 1. The van der Waals surface area contributed by atoms with Crippen molar-refractivity contribution in [2.24, 2.45) is 5.92 Å². The molecule has 0 aromatic heterocycles. The first kappa shape index (κ1) is 15.2. The van der Waals surface area contributed by atoms with Gasteiger partial charge in [0.25, 0.3) is 0 Å². The summed E-state index contributed by atoms with van der Waals surface area (Å²) in [5.74, 6) is -2.42. The quantitative estimate of drug-likeness (QED) is 0.803. The number of aliphatic carboxylic acids is 1. The maximum Gasteiger partial charge on any atom is 0.316 e. The zero-order valence-corrected chi connectivity index (χ0v) is 11.7. The van der Waals surface area contributed by atoms with E-state index < -0.39 is 11.9 Å². The third-order valence-corrected chi connectivity index (χ3v) is 3.20. The van der Waals surface area contributed by atoms with Crippen LogP contribution < -0.4 is 4.90 Å². The van der Waals surface area contributed by atoms with E-state index in [1.54, 1.807) is 14.0 Å². The Balaban J connectivity index is 2.84. The molecule has 1 unspecified atom stereocenters. The molecule has 19 heavy (non-hydrogen) atoms. The van der Waals surface area contributed by atoms with Crippen LogP contribution in [0, 0.1) is 5.92 Å². The Morgan fingerprint density at radius 2 is 1.79 bits per heavy atom. The summed E-state index contributed by atoms with van der Waals surface area (Å²) in [4.78, 5) is 24.5. The Morgan fingerprint density at radius 3 is 2.21 bits per heavy atom. The number of carboxylic acids is 1. The molecule has 4 heteroatoms. The van der Waals surface area contributed by atoms with Crippen LogP contribution in [-0.4, -0.2) is 24.0 Å². The molecular formula is C15H21NO3. The molecule has 0 saturated heterocycles. The molecule has 0 spiro atoms. The summed E-state index contributed by atoms with van der Waals surface area (Å²) in [5, 5.41) is 9.01. The molecule has 4 nitrogen and oxygen atoms in total. The smallest absolute Gasteiger partial charge is 0.316 e. The zero-order valence-electron chi connectivity index (χ0n) is 11.7. The van der Waals surface area contributed by atoms with Gasteiger partial charge in [-0.3, -0.25) is 9.59 Å². The minimum atomic E-state index is -1.07. The molecule has 1 amide bonds. The summed E-state index contributed by atoms with van der Waals surface area (Å²) < 4.78 is 0. The minimum Gasteiger partial charge on any atom is -0.481 e. The average Bonchev–Trinajstić information content (AvgIpc) is 2.39. The van der Waals surface area contributed by atoms with Gasteiger partial charge in [0.2, 0.25) is 5.91 Å². The van der Waals surface area contributed by atoms with Crippen LogP contribution in [-0.2, 0) is 16.0 Å². The minimum absolute atomic E-state index is 0.298. The molecule has 0 heterocycles. The molecule has 1 aromatic rings. The highest BCUT2D eigenvalue weighted by Gasteiger charge is 2.27. The normalized spacial score (nSPS) is 11.9. The van der Waals surface area contributed by atoms with Gasteiger partial charge in [0.15, 0.2) is 0 Å². The highest BCUT2D eigenvalue weighted by Crippen LogP contribution is 2.18. The Labute approximate surface area is 114 Å². The molecule has 0 aliphatic rings. The number of carbonyl (C=O) groups is 2. The van der Waals surface area contributed by atoms with Gasteiger partial charge in [-0.2, -0.15) is 0 Å². The lowest BCUT2D eigenvalue weighted by atomic mass is 10.0. The molecule has 0 aliphatic heterocycles. The Bertz CT molecular complexity index is 439. The van der Waals surface area contributed by atoms with Crippen LogP contribution in [0.1, 0.15) is 32.3 Å². The van der Waals surface area contributed by atoms with Gasteiger partial charge < -0.3 is 10.0 Å². The molecule has 1 atom stereocenters. The molecule has 0 bridgehead atoms. The van der Waals surface area contributed by atoms with Gasteiger partial charge in [-0.25, -0.2) is 0 Å². The van der Waals surface area contributed by atoms with E-state index in [1.165, 1.54) is 10.5 Å². The van der Waals surface area contributed by atoms with Crippen molar-refractivity contribution in [1.82, 2.24) is 0 Å². The first-order valence-corrected chi connectivity index (χ1v) is 6.60. The largest absolute Gasteiger partial charge is 0.481 e. The Kier molecular flexibility index (Phi) is 5.55. The number of aryl methyl sites for hydroxylation is 1. The number of anilines is 1. The van der Waals surface area contributed by atoms with Gasteiger partial charge in [-0.1, -0.05) is 32.4 Å². The topological polar surface area (TPSA) is 57.6 Å². The Morgan fingerprint density at radius 1 is 1.21 bits per heavy atom. The predicted octanol–water partition coefficient (Wildman–Crippen LogP) is 2.71. The van der Waals surface area contributed by atoms with E-state index in [-0.39, 0.29) is 5.91 Å². The standard InChI is InChI=1S/C15H21NO3/c1-4-6-11-7-9-12(10-8-11)16(3)14(17)13(5-2)15(18)19/h7-10,13H,4-6H2,1-3H3,(H,18,19). The van der Waals surface area contributed by atoms with Gasteiger partial charge >= 0.3 is 5.97 Å². The highest BCUT2D eigenvalue weighted by atomic mass is 16.4. The highest BCUT2D eigenvalue weighted by molar-refractivity contribution is 6.05. The fourth-order valence-electron chi connectivity index (χ4n) is 1.99. The van der Waals surface area contributed by atoms with Crippen LogP contribution in [0.5, 0.6) is 0 Å². The summed E-state index contributed by atoms with van der Waals surface area (Å²) in [5.41, 5.74) is 1.95. The van der Waals surface area contributed by atoms with E-state index in [0.29, 0.717) is 6.42 Å². The molecule has 0 radical (unpaired) electrons. The van der Waals surface area contributed by atoms with E-state index in [9.17, 15) is 9.59 Å².